The van der Waals surface area contributed by atoms with Crippen molar-refractivity contribution in [2.45, 2.75) is 13.8 Å². The fourth-order valence-electron chi connectivity index (χ4n) is 3.28. The smallest absolute Gasteiger partial charge is 0.307 e. The summed E-state index contributed by atoms with van der Waals surface area (Å²) < 4.78 is 10.3. The second kappa shape index (κ2) is 6.79. The van der Waals surface area contributed by atoms with Crippen molar-refractivity contribution in [1.29, 1.82) is 0 Å². The zero-order valence-corrected chi connectivity index (χ0v) is 15.1. The molecule has 1 saturated carbocycles. The molecular weight excluding hydrogens is 352 g/mol. The van der Waals surface area contributed by atoms with Crippen molar-refractivity contribution in [2.24, 2.45) is 17.3 Å². The first-order valence-electron chi connectivity index (χ1n) is 8.32. The van der Waals surface area contributed by atoms with Crippen molar-refractivity contribution in [2.75, 3.05) is 17.7 Å². The van der Waals surface area contributed by atoms with Crippen LogP contribution in [0.5, 0.6) is 5.75 Å². The van der Waals surface area contributed by atoms with Gasteiger partial charge in [-0.2, -0.15) is 0 Å². The third kappa shape index (κ3) is 3.51. The van der Waals surface area contributed by atoms with E-state index in [0.29, 0.717) is 17.1 Å². The van der Waals surface area contributed by atoms with Crippen molar-refractivity contribution in [1.82, 2.24) is 0 Å². The lowest BCUT2D eigenvalue weighted by Gasteiger charge is -2.13. The van der Waals surface area contributed by atoms with Crippen LogP contribution in [0.2, 0.25) is 0 Å². The molecule has 0 spiro atoms. The molecule has 1 aliphatic carbocycles. The van der Waals surface area contributed by atoms with Crippen LogP contribution in [0.15, 0.2) is 41.0 Å². The van der Waals surface area contributed by atoms with Crippen molar-refractivity contribution in [3.63, 3.8) is 0 Å². The zero-order valence-electron chi connectivity index (χ0n) is 15.1. The van der Waals surface area contributed by atoms with E-state index >= 15 is 0 Å². The van der Waals surface area contributed by atoms with E-state index in [4.69, 9.17) is 9.15 Å². The summed E-state index contributed by atoms with van der Waals surface area (Å²) in [5.41, 5.74) is 0.151. The Kier molecular flexibility index (Phi) is 4.65. The molecule has 1 fully saturated rings. The van der Waals surface area contributed by atoms with Crippen LogP contribution in [0.25, 0.3) is 0 Å². The number of carbonyl (C=O) groups excluding carboxylic acids is 2. The van der Waals surface area contributed by atoms with Crippen LogP contribution >= 0.6 is 0 Å². The summed E-state index contributed by atoms with van der Waals surface area (Å²) in [6.07, 6.45) is 1.39. The van der Waals surface area contributed by atoms with Crippen molar-refractivity contribution in [3.8, 4) is 5.75 Å². The molecular formula is C19H20N2O6. The van der Waals surface area contributed by atoms with Gasteiger partial charge in [0.15, 0.2) is 5.76 Å². The molecule has 3 N–H and O–H groups in total. The van der Waals surface area contributed by atoms with Gasteiger partial charge in [0.05, 0.1) is 30.9 Å². The quantitative estimate of drug-likeness (QED) is 0.718. The third-order valence-electron chi connectivity index (χ3n) is 4.84. The number of nitrogens with one attached hydrogen (secondary N) is 2. The highest BCUT2D eigenvalue weighted by Crippen LogP contribution is 2.58. The van der Waals surface area contributed by atoms with E-state index in [1.165, 1.54) is 19.4 Å². The Morgan fingerprint density at radius 2 is 1.89 bits per heavy atom. The number of carboxylic acids is 1. The van der Waals surface area contributed by atoms with Crippen LogP contribution in [0, 0.1) is 17.3 Å². The zero-order chi connectivity index (χ0) is 19.8. The third-order valence-corrected chi connectivity index (χ3v) is 4.84. The Hall–Kier alpha value is -3.29. The predicted octanol–water partition coefficient (Wildman–Crippen LogP) is 2.84. The lowest BCUT2D eigenvalue weighted by molar-refractivity contribution is -0.140. The number of benzene rings is 1. The first-order chi connectivity index (χ1) is 12.8. The molecule has 8 heteroatoms. The fourth-order valence-corrected chi connectivity index (χ4v) is 3.28. The molecule has 1 heterocycles. The van der Waals surface area contributed by atoms with Gasteiger partial charge in [0, 0.05) is 5.69 Å². The number of ether oxygens (including phenoxy) is 1. The average molecular weight is 372 g/mol. The number of aliphatic carboxylic acids is 1. The van der Waals surface area contributed by atoms with Crippen LogP contribution in [0.4, 0.5) is 11.4 Å². The van der Waals surface area contributed by atoms with Crippen LogP contribution in [0.3, 0.4) is 0 Å². The van der Waals surface area contributed by atoms with Gasteiger partial charge < -0.3 is 24.9 Å². The molecule has 27 heavy (non-hydrogen) atoms. The van der Waals surface area contributed by atoms with Crippen molar-refractivity contribution < 1.29 is 28.6 Å². The number of carbonyl (C=O) groups is 3. The molecule has 0 radical (unpaired) electrons. The number of furan rings is 1. The maximum atomic E-state index is 12.6. The van der Waals surface area contributed by atoms with Crippen molar-refractivity contribution >= 4 is 29.2 Å². The van der Waals surface area contributed by atoms with Gasteiger partial charge in [-0.25, -0.2) is 0 Å². The molecule has 2 atom stereocenters. The van der Waals surface area contributed by atoms with Gasteiger partial charge in [-0.05, 0) is 35.7 Å². The summed E-state index contributed by atoms with van der Waals surface area (Å²) in [4.78, 5) is 36.0. The van der Waals surface area contributed by atoms with Crippen LogP contribution in [-0.4, -0.2) is 30.0 Å². The minimum absolute atomic E-state index is 0.153. The average Bonchev–Trinajstić information content (AvgIpc) is 2.97. The number of hydrogen-bond acceptors (Lipinski definition) is 5. The summed E-state index contributed by atoms with van der Waals surface area (Å²) in [6.45, 7) is 3.49. The van der Waals surface area contributed by atoms with Gasteiger partial charge in [-0.15, -0.1) is 0 Å². The Morgan fingerprint density at radius 1 is 1.15 bits per heavy atom. The summed E-state index contributed by atoms with van der Waals surface area (Å²) in [5.74, 6) is -2.65. The Labute approximate surface area is 155 Å². The van der Waals surface area contributed by atoms with Crippen LogP contribution in [0.1, 0.15) is 24.4 Å². The minimum atomic E-state index is -0.994. The molecule has 8 nitrogen and oxygen atoms in total. The number of carboxylic acid groups (broad SMARTS) is 1. The summed E-state index contributed by atoms with van der Waals surface area (Å²) in [5, 5.41) is 14.6. The largest absolute Gasteiger partial charge is 0.495 e. The molecule has 2 amide bonds. The maximum absolute atomic E-state index is 12.6. The molecule has 1 aromatic heterocycles. The number of hydrogen-bond donors (Lipinski definition) is 3. The highest BCUT2D eigenvalue weighted by atomic mass is 16.5. The molecule has 142 valence electrons. The Morgan fingerprint density at radius 3 is 2.44 bits per heavy atom. The topological polar surface area (TPSA) is 118 Å². The number of anilines is 2. The summed E-state index contributed by atoms with van der Waals surface area (Å²) >= 11 is 0. The highest BCUT2D eigenvalue weighted by molar-refractivity contribution is 6.04. The lowest BCUT2D eigenvalue weighted by Crippen LogP contribution is -2.18. The first-order valence-corrected chi connectivity index (χ1v) is 8.32. The monoisotopic (exact) mass is 372 g/mol. The van der Waals surface area contributed by atoms with Crippen LogP contribution in [-0.2, 0) is 9.59 Å². The summed E-state index contributed by atoms with van der Waals surface area (Å²) in [7, 11) is 1.45. The van der Waals surface area contributed by atoms with Gasteiger partial charge in [0.2, 0.25) is 5.91 Å². The molecule has 0 unspecified atom stereocenters. The van der Waals surface area contributed by atoms with Gasteiger partial charge in [-0.1, -0.05) is 13.8 Å². The Bertz CT molecular complexity index is 888. The fraction of sp³-hybridized carbons (Fsp3) is 0.316. The maximum Gasteiger partial charge on any atom is 0.307 e. The molecule has 0 saturated heterocycles. The van der Waals surface area contributed by atoms with Crippen LogP contribution < -0.4 is 15.4 Å². The number of rotatable bonds is 6. The van der Waals surface area contributed by atoms with E-state index < -0.39 is 35.0 Å². The molecule has 3 rings (SSSR count). The lowest BCUT2D eigenvalue weighted by atomic mass is 10.1. The Balaban J connectivity index is 1.77. The van der Waals surface area contributed by atoms with Gasteiger partial charge in [0.1, 0.15) is 5.75 Å². The highest BCUT2D eigenvalue weighted by Gasteiger charge is 2.65. The number of methoxy groups -OCH3 is 1. The minimum Gasteiger partial charge on any atom is -0.495 e. The van der Waals surface area contributed by atoms with Gasteiger partial charge >= 0.3 is 5.97 Å². The van der Waals surface area contributed by atoms with E-state index in [2.05, 4.69) is 10.6 Å². The van der Waals surface area contributed by atoms with Gasteiger partial charge in [0.25, 0.3) is 5.91 Å². The van der Waals surface area contributed by atoms with Gasteiger partial charge in [-0.3, -0.25) is 14.4 Å². The molecule has 0 bridgehead atoms. The summed E-state index contributed by atoms with van der Waals surface area (Å²) in [6, 6.07) is 7.90. The second-order valence-electron chi connectivity index (χ2n) is 6.95. The molecule has 0 aliphatic heterocycles. The predicted molar refractivity (Wildman–Crippen MR) is 96.7 cm³/mol. The standard InChI is InChI=1S/C19H20N2O6/c1-19(2)14(15(19)18(24)25)17(23)21-11-9-10(6-7-12(11)26-3)20-16(22)13-5-4-8-27-13/h4-9,14-15H,1-3H3,(H,20,22)(H,21,23)(H,24,25)/t14-,15-/m0/s1. The van der Waals surface area contributed by atoms with E-state index in [1.54, 1.807) is 38.1 Å². The van der Waals surface area contributed by atoms with Crippen molar-refractivity contribution in [3.05, 3.63) is 42.4 Å². The SMILES string of the molecule is COc1ccc(NC(=O)c2ccco2)cc1NC(=O)[C@@H]1[C@@H](C(=O)O)C1(C)C. The van der Waals surface area contributed by atoms with E-state index in [0.717, 1.165) is 0 Å². The first kappa shape index (κ1) is 18.5. The molecule has 1 aliphatic rings. The second-order valence-corrected chi connectivity index (χ2v) is 6.95. The normalized spacial score (nSPS) is 19.8. The molecule has 1 aromatic carbocycles. The van der Waals surface area contributed by atoms with E-state index in [1.807, 2.05) is 0 Å². The molecule has 2 aromatic rings. The van der Waals surface area contributed by atoms with E-state index in [-0.39, 0.29) is 5.76 Å². The van der Waals surface area contributed by atoms with E-state index in [9.17, 15) is 19.5 Å². The number of amides is 2.